The van der Waals surface area contributed by atoms with Crippen molar-refractivity contribution >= 4 is 5.42 Å². The average Bonchev–Trinajstić information content (AvgIpc) is 1.94. The van der Waals surface area contributed by atoms with Crippen molar-refractivity contribution in [2.24, 2.45) is 0 Å². The molecule has 0 aliphatic carbocycles. The zero-order valence-corrected chi connectivity index (χ0v) is 6.26. The van der Waals surface area contributed by atoms with Crippen LogP contribution in [0.25, 0.3) is 0 Å². The van der Waals surface area contributed by atoms with Crippen molar-refractivity contribution in [3.8, 4) is 0 Å². The molecule has 0 atom stereocenters. The van der Waals surface area contributed by atoms with Gasteiger partial charge in [0, 0.05) is 0 Å². The normalized spacial score (nSPS) is 7.44. The zero-order chi connectivity index (χ0) is 7.11. The summed E-state index contributed by atoms with van der Waals surface area (Å²) in [6.45, 7) is 2.06. The molecular formula is C8H9Cu-. The van der Waals surface area contributed by atoms with Gasteiger partial charge in [-0.25, -0.2) is 0 Å². The fourth-order valence-corrected chi connectivity index (χ4v) is 0.470. The Hall–Kier alpha value is -0.391. The van der Waals surface area contributed by atoms with E-state index in [4.69, 9.17) is 0 Å². The molecule has 53 valence electrons. The van der Waals surface area contributed by atoms with Gasteiger partial charge in [0.25, 0.3) is 0 Å². The van der Waals surface area contributed by atoms with Gasteiger partial charge >= 0.3 is 21.0 Å². The van der Waals surface area contributed by atoms with E-state index in [0.717, 1.165) is 0 Å². The minimum absolute atomic E-state index is 1.29. The molecule has 1 heteroatoms. The van der Waals surface area contributed by atoms with Gasteiger partial charge in [0.2, 0.25) is 0 Å². The van der Waals surface area contributed by atoms with Gasteiger partial charge in [0.15, 0.2) is 0 Å². The SMILES string of the molecule is Cc1cc[c-]cc1.[CH2]=[Cu]. The fraction of sp³-hybridized carbons (Fsp3) is 0.125. The molecule has 0 bridgehead atoms. The van der Waals surface area contributed by atoms with Gasteiger partial charge in [-0.3, -0.25) is 0 Å². The first kappa shape index (κ1) is 8.61. The van der Waals surface area contributed by atoms with Crippen molar-refractivity contribution in [3.05, 3.63) is 35.9 Å². The van der Waals surface area contributed by atoms with E-state index in [9.17, 15) is 0 Å². The molecule has 0 saturated heterocycles. The molecular weight excluding hydrogens is 160 g/mol. The predicted molar refractivity (Wildman–Crippen MR) is 37.1 cm³/mol. The van der Waals surface area contributed by atoms with E-state index in [1.807, 2.05) is 24.3 Å². The second kappa shape index (κ2) is 5.74. The maximum absolute atomic E-state index is 3.94. The second-order valence-electron chi connectivity index (χ2n) is 1.58. The predicted octanol–water partition coefficient (Wildman–Crippen LogP) is 1.76. The van der Waals surface area contributed by atoms with Gasteiger partial charge in [-0.05, 0) is 0 Å². The van der Waals surface area contributed by atoms with E-state index in [2.05, 4.69) is 34.0 Å². The Morgan fingerprint density at radius 1 is 1.33 bits per heavy atom. The summed E-state index contributed by atoms with van der Waals surface area (Å²) >= 11 is 3.94. The first-order valence-corrected chi connectivity index (χ1v) is 3.20. The molecule has 0 spiro atoms. The second-order valence-corrected chi connectivity index (χ2v) is 1.58. The summed E-state index contributed by atoms with van der Waals surface area (Å²) in [6, 6.07) is 10.8. The molecule has 0 nitrogen and oxygen atoms in total. The van der Waals surface area contributed by atoms with Crippen LogP contribution >= 0.6 is 0 Å². The third kappa shape index (κ3) is 4.14. The standard InChI is InChI=1S/C7H7.CH2.Cu/c1-7-5-3-2-4-6-7;;/h3-6H,1H3;1H2;/q-1;;. The van der Waals surface area contributed by atoms with Crippen LogP contribution in [0.5, 0.6) is 0 Å². The first-order valence-electron chi connectivity index (χ1n) is 2.53. The van der Waals surface area contributed by atoms with Gasteiger partial charge in [-0.15, -0.1) is 0 Å². The van der Waals surface area contributed by atoms with Crippen molar-refractivity contribution in [3.63, 3.8) is 0 Å². The molecule has 0 radical (unpaired) electrons. The Morgan fingerprint density at radius 3 is 2.00 bits per heavy atom. The number of benzene rings is 1. The summed E-state index contributed by atoms with van der Waals surface area (Å²) < 4.78 is 0. The minimum atomic E-state index is 1.29. The molecule has 1 aromatic carbocycles. The summed E-state index contributed by atoms with van der Waals surface area (Å²) in [4.78, 5) is 0. The molecule has 0 aromatic heterocycles. The van der Waals surface area contributed by atoms with Crippen molar-refractivity contribution in [2.75, 3.05) is 0 Å². The Bertz CT molecular complexity index is 146. The van der Waals surface area contributed by atoms with E-state index >= 15 is 0 Å². The van der Waals surface area contributed by atoms with Crippen LogP contribution < -0.4 is 0 Å². The molecule has 1 aromatic rings. The van der Waals surface area contributed by atoms with Crippen molar-refractivity contribution in [1.82, 2.24) is 0 Å². The molecule has 0 N–H and O–H groups in total. The molecule has 0 aliphatic rings. The molecule has 0 aliphatic heterocycles. The quantitative estimate of drug-likeness (QED) is 0.409. The molecule has 0 saturated carbocycles. The van der Waals surface area contributed by atoms with Crippen molar-refractivity contribution in [1.29, 1.82) is 0 Å². The van der Waals surface area contributed by atoms with Crippen LogP contribution in [0.3, 0.4) is 0 Å². The third-order valence-electron chi connectivity index (χ3n) is 0.885. The van der Waals surface area contributed by atoms with Crippen LogP contribution in [0.15, 0.2) is 24.3 Å². The molecule has 0 amide bonds. The van der Waals surface area contributed by atoms with Crippen LogP contribution in [0.1, 0.15) is 5.56 Å². The molecule has 0 unspecified atom stereocenters. The maximum atomic E-state index is 3.94. The Labute approximate surface area is 64.3 Å². The van der Waals surface area contributed by atoms with E-state index in [1.165, 1.54) is 5.56 Å². The van der Waals surface area contributed by atoms with Crippen molar-refractivity contribution in [2.45, 2.75) is 6.92 Å². The average molecular weight is 169 g/mol. The van der Waals surface area contributed by atoms with Crippen LogP contribution in [-0.2, 0) is 15.6 Å². The summed E-state index contributed by atoms with van der Waals surface area (Å²) in [7, 11) is 0. The van der Waals surface area contributed by atoms with Gasteiger partial charge < -0.3 is 0 Å². The van der Waals surface area contributed by atoms with Gasteiger partial charge in [0.1, 0.15) is 0 Å². The monoisotopic (exact) mass is 168 g/mol. The van der Waals surface area contributed by atoms with Crippen LogP contribution in [-0.4, -0.2) is 5.42 Å². The molecule has 1 rings (SSSR count). The van der Waals surface area contributed by atoms with E-state index in [1.54, 1.807) is 0 Å². The van der Waals surface area contributed by atoms with Crippen LogP contribution in [0, 0.1) is 13.0 Å². The molecule has 0 heterocycles. The van der Waals surface area contributed by atoms with Gasteiger partial charge in [-0.1, -0.05) is 6.92 Å². The van der Waals surface area contributed by atoms with Gasteiger partial charge in [0.05, 0.1) is 0 Å². The Balaban J connectivity index is 0.000000291. The summed E-state index contributed by atoms with van der Waals surface area (Å²) in [5.74, 6) is 0. The Morgan fingerprint density at radius 2 is 1.78 bits per heavy atom. The topological polar surface area (TPSA) is 0 Å². The zero-order valence-electron chi connectivity index (χ0n) is 5.32. The Kier molecular flexibility index (Phi) is 5.49. The summed E-state index contributed by atoms with van der Waals surface area (Å²) in [5, 5.41) is 0. The fourth-order valence-electron chi connectivity index (χ4n) is 0.470. The van der Waals surface area contributed by atoms with Crippen molar-refractivity contribution < 1.29 is 15.6 Å². The number of aryl methyl sites for hydroxylation is 1. The summed E-state index contributed by atoms with van der Waals surface area (Å²) in [5.41, 5.74) is 4.10. The van der Waals surface area contributed by atoms with E-state index < -0.39 is 0 Å². The number of rotatable bonds is 0. The van der Waals surface area contributed by atoms with Gasteiger partial charge in [-0.2, -0.15) is 35.9 Å². The third-order valence-corrected chi connectivity index (χ3v) is 0.885. The van der Waals surface area contributed by atoms with E-state index in [0.29, 0.717) is 0 Å². The van der Waals surface area contributed by atoms with E-state index in [-0.39, 0.29) is 0 Å². The molecule has 9 heavy (non-hydrogen) atoms. The first-order chi connectivity index (χ1) is 4.39. The molecule has 0 fully saturated rings. The summed E-state index contributed by atoms with van der Waals surface area (Å²) in [6.07, 6.45) is 0. The number of hydrogen-bond acceptors (Lipinski definition) is 0. The van der Waals surface area contributed by atoms with Crippen LogP contribution in [0.4, 0.5) is 0 Å². The number of hydrogen-bond donors (Lipinski definition) is 0. The van der Waals surface area contributed by atoms with Crippen LogP contribution in [0.2, 0.25) is 0 Å².